The first-order valence-corrected chi connectivity index (χ1v) is 6.11. The van der Waals surface area contributed by atoms with Gasteiger partial charge in [-0.25, -0.2) is 0 Å². The van der Waals surface area contributed by atoms with E-state index in [0.29, 0.717) is 0 Å². The van der Waals surface area contributed by atoms with Gasteiger partial charge in [0, 0.05) is 6.54 Å². The van der Waals surface area contributed by atoms with Gasteiger partial charge < -0.3 is 15.6 Å². The van der Waals surface area contributed by atoms with E-state index in [2.05, 4.69) is 5.48 Å². The number of aliphatic hydroxyl groups is 1. The maximum atomic E-state index is 10.3. The average Bonchev–Trinajstić information content (AvgIpc) is 2.33. The number of nitrogens with one attached hydrogen (secondary N) is 1. The van der Waals surface area contributed by atoms with Gasteiger partial charge in [-0.05, 0) is 12.8 Å². The summed E-state index contributed by atoms with van der Waals surface area (Å²) >= 11 is 0. The summed E-state index contributed by atoms with van der Waals surface area (Å²) in [6, 6.07) is 0. The van der Waals surface area contributed by atoms with Crippen LogP contribution in [0.1, 0.15) is 32.1 Å². The Morgan fingerprint density at radius 2 is 2.12 bits per heavy atom. The summed E-state index contributed by atoms with van der Waals surface area (Å²) in [6.45, 7) is 0.313. The third-order valence-corrected chi connectivity index (χ3v) is 2.71. The van der Waals surface area contributed by atoms with E-state index < -0.39 is 12.0 Å². The zero-order valence-electron chi connectivity index (χ0n) is 10.1. The third-order valence-electron chi connectivity index (χ3n) is 2.71. The molecule has 0 aromatic rings. The smallest absolute Gasteiger partial charge is 0.245 e. The van der Waals surface area contributed by atoms with Crippen molar-refractivity contribution in [2.75, 3.05) is 19.8 Å². The van der Waals surface area contributed by atoms with Crippen LogP contribution in [0, 0.1) is 0 Å². The highest BCUT2D eigenvalue weighted by Crippen LogP contribution is 2.20. The average molecular weight is 246 g/mol. The number of aliphatic hydroxyl groups excluding tert-OH is 1. The minimum Gasteiger partial charge on any atom is -0.389 e. The van der Waals surface area contributed by atoms with Gasteiger partial charge in [0.15, 0.2) is 0 Å². The predicted molar refractivity (Wildman–Crippen MR) is 62.0 cm³/mol. The van der Waals surface area contributed by atoms with Gasteiger partial charge in [-0.1, -0.05) is 19.3 Å². The summed E-state index contributed by atoms with van der Waals surface area (Å²) in [4.78, 5) is 15.1. The molecule has 0 aromatic heterocycles. The Morgan fingerprint density at radius 1 is 1.41 bits per heavy atom. The molecule has 1 unspecified atom stereocenters. The van der Waals surface area contributed by atoms with Crippen molar-refractivity contribution in [2.24, 2.45) is 5.73 Å². The Hall–Kier alpha value is -0.690. The van der Waals surface area contributed by atoms with E-state index in [4.69, 9.17) is 15.3 Å². The summed E-state index contributed by atoms with van der Waals surface area (Å²) in [5.74, 6) is -0.551. The van der Waals surface area contributed by atoms with Gasteiger partial charge in [-0.2, -0.15) is 5.48 Å². The van der Waals surface area contributed by atoms with Gasteiger partial charge in [-0.15, -0.1) is 0 Å². The number of hydroxylamine groups is 1. The van der Waals surface area contributed by atoms with Crippen LogP contribution in [0.4, 0.5) is 0 Å². The number of ether oxygens (including phenoxy) is 1. The van der Waals surface area contributed by atoms with Crippen LogP contribution in [0.15, 0.2) is 0 Å². The van der Waals surface area contributed by atoms with E-state index in [1.54, 1.807) is 0 Å². The monoisotopic (exact) mass is 246 g/mol. The maximum Gasteiger partial charge on any atom is 0.245 e. The Labute approximate surface area is 101 Å². The summed E-state index contributed by atoms with van der Waals surface area (Å²) in [5.41, 5.74) is 7.35. The Bertz CT molecular complexity index is 220. The van der Waals surface area contributed by atoms with Crippen LogP contribution < -0.4 is 11.2 Å². The molecule has 6 nitrogen and oxygen atoms in total. The summed E-state index contributed by atoms with van der Waals surface area (Å²) in [7, 11) is 0. The second kappa shape index (κ2) is 8.41. The summed E-state index contributed by atoms with van der Waals surface area (Å²) in [6.07, 6.45) is 5.51. The molecule has 1 atom stereocenters. The van der Waals surface area contributed by atoms with Crippen LogP contribution in [0.2, 0.25) is 0 Å². The van der Waals surface area contributed by atoms with E-state index in [1.807, 2.05) is 0 Å². The lowest BCUT2D eigenvalue weighted by Crippen LogP contribution is -2.34. The molecule has 0 heterocycles. The molecule has 1 rings (SSSR count). The van der Waals surface area contributed by atoms with Crippen LogP contribution in [0.3, 0.4) is 0 Å². The molecule has 0 bridgehead atoms. The molecule has 0 radical (unpaired) electrons. The Kier molecular flexibility index (Phi) is 7.11. The number of carbonyl (C=O) groups is 1. The van der Waals surface area contributed by atoms with Gasteiger partial charge in [-0.3, -0.25) is 9.63 Å². The molecule has 4 N–H and O–H groups in total. The molecule has 17 heavy (non-hydrogen) atoms. The molecule has 0 saturated heterocycles. The number of carbonyl (C=O) groups excluding carboxylic acids is 1. The van der Waals surface area contributed by atoms with Gasteiger partial charge >= 0.3 is 0 Å². The molecule has 1 aliphatic carbocycles. The van der Waals surface area contributed by atoms with E-state index in [1.165, 1.54) is 19.3 Å². The molecule has 100 valence electrons. The normalized spacial score (nSPS) is 19.1. The molecular formula is C11H22N2O4. The fourth-order valence-electron chi connectivity index (χ4n) is 1.82. The highest BCUT2D eigenvalue weighted by Gasteiger charge is 2.15. The van der Waals surface area contributed by atoms with Gasteiger partial charge in [0.2, 0.25) is 5.91 Å². The minimum absolute atomic E-state index is 0.198. The first kappa shape index (κ1) is 14.4. The van der Waals surface area contributed by atoms with Crippen LogP contribution in [-0.2, 0) is 14.4 Å². The van der Waals surface area contributed by atoms with Crippen LogP contribution in [0.25, 0.3) is 0 Å². The number of primary amides is 1. The standard InChI is InChI=1S/C11H22N2O4/c12-11(15)8-17-13-6-9(14)7-16-10-4-2-1-3-5-10/h9-10,13-14H,1-8H2,(H2,12,15). The SMILES string of the molecule is NC(=O)CONCC(O)COC1CCCCC1. The molecule has 1 aliphatic rings. The quantitative estimate of drug-likeness (QED) is 0.404. The van der Waals surface area contributed by atoms with Crippen molar-refractivity contribution in [3.05, 3.63) is 0 Å². The topological polar surface area (TPSA) is 93.8 Å². The van der Waals surface area contributed by atoms with Crippen LogP contribution in [0.5, 0.6) is 0 Å². The van der Waals surface area contributed by atoms with E-state index in [0.717, 1.165) is 12.8 Å². The molecule has 0 spiro atoms. The van der Waals surface area contributed by atoms with Crippen molar-refractivity contribution in [3.8, 4) is 0 Å². The number of hydrogen-bond acceptors (Lipinski definition) is 5. The Morgan fingerprint density at radius 3 is 2.76 bits per heavy atom. The summed E-state index contributed by atoms with van der Waals surface area (Å²) < 4.78 is 5.59. The van der Waals surface area contributed by atoms with Gasteiger partial charge in [0.05, 0.1) is 18.8 Å². The minimum atomic E-state index is -0.634. The highest BCUT2D eigenvalue weighted by atomic mass is 16.6. The first-order chi connectivity index (χ1) is 8.18. The van der Waals surface area contributed by atoms with E-state index in [9.17, 15) is 9.90 Å². The van der Waals surface area contributed by atoms with Crippen molar-refractivity contribution in [3.63, 3.8) is 0 Å². The molecule has 6 heteroatoms. The molecule has 1 saturated carbocycles. The second-order valence-corrected chi connectivity index (χ2v) is 4.35. The van der Waals surface area contributed by atoms with Gasteiger partial charge in [0.1, 0.15) is 6.61 Å². The highest BCUT2D eigenvalue weighted by molar-refractivity contribution is 5.74. The first-order valence-electron chi connectivity index (χ1n) is 6.11. The van der Waals surface area contributed by atoms with Crippen molar-refractivity contribution in [1.82, 2.24) is 5.48 Å². The molecule has 1 amide bonds. The number of rotatable bonds is 8. The van der Waals surface area contributed by atoms with Crippen molar-refractivity contribution in [2.45, 2.75) is 44.3 Å². The lowest BCUT2D eigenvalue weighted by molar-refractivity contribution is -0.126. The van der Waals surface area contributed by atoms with Crippen LogP contribution in [-0.4, -0.2) is 43.0 Å². The fourth-order valence-corrected chi connectivity index (χ4v) is 1.82. The zero-order chi connectivity index (χ0) is 12.5. The lowest BCUT2D eigenvalue weighted by Gasteiger charge is -2.23. The molecular weight excluding hydrogens is 224 g/mol. The molecule has 1 fully saturated rings. The van der Waals surface area contributed by atoms with E-state index in [-0.39, 0.29) is 25.9 Å². The van der Waals surface area contributed by atoms with Gasteiger partial charge in [0.25, 0.3) is 0 Å². The number of hydrogen-bond donors (Lipinski definition) is 3. The summed E-state index contributed by atoms with van der Waals surface area (Å²) in [5, 5.41) is 9.56. The van der Waals surface area contributed by atoms with Crippen LogP contribution >= 0.6 is 0 Å². The number of nitrogens with two attached hydrogens (primary N) is 1. The van der Waals surface area contributed by atoms with Crippen molar-refractivity contribution in [1.29, 1.82) is 0 Å². The maximum absolute atomic E-state index is 10.3. The van der Waals surface area contributed by atoms with E-state index >= 15 is 0 Å². The number of amides is 1. The largest absolute Gasteiger partial charge is 0.389 e. The second-order valence-electron chi connectivity index (χ2n) is 4.35. The third kappa shape index (κ3) is 7.27. The van der Waals surface area contributed by atoms with Crippen molar-refractivity contribution < 1.29 is 19.5 Å². The fraction of sp³-hybridized carbons (Fsp3) is 0.909. The lowest BCUT2D eigenvalue weighted by atomic mass is 9.98. The Balaban J connectivity index is 1.96. The van der Waals surface area contributed by atoms with Crippen molar-refractivity contribution >= 4 is 5.91 Å². The molecule has 0 aliphatic heterocycles. The molecule has 0 aromatic carbocycles. The predicted octanol–water partition coefficient (Wildman–Crippen LogP) is -0.297. The zero-order valence-corrected chi connectivity index (χ0v) is 10.1.